The minimum Gasteiger partial charge on any atom is -0.0776 e. The molecule has 0 amide bonds. The topological polar surface area (TPSA) is 0 Å². The third-order valence-electron chi connectivity index (χ3n) is 8.79. The molecular weight excluding hydrogens is 492 g/mol. The standard InChI is InChI=1S/C30H16.C10H8.CH4/c1-5-17-6-2-10-20-24-15-16-26-22-12-4-8-18-7-3-11-21(28(18)22)25-14-13-23(29(24)30(25)26)19(9-1)27(17)20;1-2-6-10-8-4-3-7-9(10)5-1;/h1-16H;1-8H;1H4. The maximum absolute atomic E-state index is 2.35. The Hall–Kier alpha value is -5.20. The first kappa shape index (κ1) is 23.7. The van der Waals surface area contributed by atoms with Gasteiger partial charge in [0.2, 0.25) is 0 Å². The Bertz CT molecular complexity index is 2190. The Morgan fingerprint density at radius 2 is 0.439 bits per heavy atom. The van der Waals surface area contributed by atoms with E-state index in [1.807, 2.05) is 0 Å². The fraction of sp³-hybridized carbons (Fsp3) is 0.0244. The van der Waals surface area contributed by atoms with E-state index in [-0.39, 0.29) is 7.43 Å². The van der Waals surface area contributed by atoms with Gasteiger partial charge < -0.3 is 0 Å². The van der Waals surface area contributed by atoms with Crippen molar-refractivity contribution in [3.8, 4) is 0 Å². The summed E-state index contributed by atoms with van der Waals surface area (Å²) in [6.45, 7) is 0. The molecule has 0 bridgehead atoms. The van der Waals surface area contributed by atoms with Gasteiger partial charge in [-0.2, -0.15) is 0 Å². The predicted octanol–water partition coefficient (Wildman–Crippen LogP) is 12.1. The lowest BCUT2D eigenvalue weighted by Crippen LogP contribution is -1.90. The van der Waals surface area contributed by atoms with Gasteiger partial charge in [-0.05, 0) is 86.2 Å². The molecule has 0 N–H and O–H groups in total. The van der Waals surface area contributed by atoms with Crippen LogP contribution in [0.25, 0.3) is 86.2 Å². The molecule has 0 spiro atoms. The molecule has 0 nitrogen and oxygen atoms in total. The van der Waals surface area contributed by atoms with E-state index in [9.17, 15) is 0 Å². The van der Waals surface area contributed by atoms with Crippen molar-refractivity contribution in [1.29, 1.82) is 0 Å². The lowest BCUT2D eigenvalue weighted by molar-refractivity contribution is 1.75. The smallest absolute Gasteiger partial charge is 0.00139 e. The zero-order chi connectivity index (χ0) is 26.2. The van der Waals surface area contributed by atoms with E-state index >= 15 is 0 Å². The first-order valence-corrected chi connectivity index (χ1v) is 14.0. The fourth-order valence-electron chi connectivity index (χ4n) is 7.11. The van der Waals surface area contributed by atoms with E-state index in [0.717, 1.165) is 0 Å². The molecule has 0 atom stereocenters. The average molecular weight is 521 g/mol. The monoisotopic (exact) mass is 520 g/mol. The minimum atomic E-state index is 0. The molecule has 0 fully saturated rings. The van der Waals surface area contributed by atoms with Crippen molar-refractivity contribution in [1.82, 2.24) is 0 Å². The molecule has 10 aromatic carbocycles. The van der Waals surface area contributed by atoms with Crippen LogP contribution in [0, 0.1) is 0 Å². The molecule has 0 unspecified atom stereocenters. The second kappa shape index (κ2) is 8.91. The molecule has 41 heavy (non-hydrogen) atoms. The summed E-state index contributed by atoms with van der Waals surface area (Å²) in [6.07, 6.45) is 0. The quantitative estimate of drug-likeness (QED) is 0.138. The van der Waals surface area contributed by atoms with Crippen LogP contribution in [-0.4, -0.2) is 0 Å². The van der Waals surface area contributed by atoms with E-state index in [1.165, 1.54) is 86.2 Å². The molecule has 10 rings (SSSR count). The summed E-state index contributed by atoms with van der Waals surface area (Å²) in [7, 11) is 0. The van der Waals surface area contributed by atoms with Gasteiger partial charge in [-0.15, -0.1) is 0 Å². The number of hydrogen-bond donors (Lipinski definition) is 0. The summed E-state index contributed by atoms with van der Waals surface area (Å²) in [4.78, 5) is 0. The number of fused-ring (bicyclic) bond motifs is 5. The molecule has 0 aliphatic heterocycles. The lowest BCUT2D eigenvalue weighted by atomic mass is 9.84. The zero-order valence-corrected chi connectivity index (χ0v) is 21.9. The van der Waals surface area contributed by atoms with Gasteiger partial charge in [-0.3, -0.25) is 0 Å². The highest BCUT2D eigenvalue weighted by molar-refractivity contribution is 6.42. The zero-order valence-electron chi connectivity index (χ0n) is 21.9. The van der Waals surface area contributed by atoms with Crippen LogP contribution in [0.15, 0.2) is 146 Å². The van der Waals surface area contributed by atoms with Gasteiger partial charge in [-0.1, -0.05) is 153 Å². The lowest BCUT2D eigenvalue weighted by Gasteiger charge is -2.19. The highest BCUT2D eigenvalue weighted by atomic mass is 14.2. The molecule has 0 saturated heterocycles. The van der Waals surface area contributed by atoms with Crippen molar-refractivity contribution < 1.29 is 0 Å². The normalized spacial score (nSPS) is 11.7. The maximum Gasteiger partial charge on any atom is -0.00139 e. The van der Waals surface area contributed by atoms with Crippen molar-refractivity contribution in [2.24, 2.45) is 0 Å². The van der Waals surface area contributed by atoms with Crippen LogP contribution >= 0.6 is 0 Å². The fourth-order valence-corrected chi connectivity index (χ4v) is 7.11. The predicted molar refractivity (Wildman–Crippen MR) is 182 cm³/mol. The summed E-state index contributed by atoms with van der Waals surface area (Å²) >= 11 is 0. The summed E-state index contributed by atoms with van der Waals surface area (Å²) < 4.78 is 0. The number of benzene rings is 10. The van der Waals surface area contributed by atoms with Gasteiger partial charge in [-0.25, -0.2) is 0 Å². The second-order valence-electron chi connectivity index (χ2n) is 10.8. The van der Waals surface area contributed by atoms with Crippen LogP contribution < -0.4 is 0 Å². The van der Waals surface area contributed by atoms with Crippen LogP contribution in [0.4, 0.5) is 0 Å². The average Bonchev–Trinajstić information content (AvgIpc) is 3.03. The summed E-state index contributed by atoms with van der Waals surface area (Å²) in [6, 6.07) is 53.0. The van der Waals surface area contributed by atoms with Crippen LogP contribution in [0.3, 0.4) is 0 Å². The van der Waals surface area contributed by atoms with Gasteiger partial charge in [0, 0.05) is 0 Å². The Morgan fingerprint density at radius 1 is 0.195 bits per heavy atom. The molecule has 0 radical (unpaired) electrons. The van der Waals surface area contributed by atoms with Gasteiger partial charge in [0.15, 0.2) is 0 Å². The SMILES string of the molecule is C.c1cc2cccc3c4ccc5c6cccc7cccc(c8ccc(c(c1)c23)c4c85)c76.c1ccc2ccccc2c1. The molecule has 0 heterocycles. The number of hydrogen-bond acceptors (Lipinski definition) is 0. The second-order valence-corrected chi connectivity index (χ2v) is 10.8. The van der Waals surface area contributed by atoms with Crippen LogP contribution in [0.2, 0.25) is 0 Å². The van der Waals surface area contributed by atoms with Crippen LogP contribution in [0.5, 0.6) is 0 Å². The molecule has 0 aromatic heterocycles. The molecule has 10 aromatic rings. The summed E-state index contributed by atoms with van der Waals surface area (Å²) in [5.74, 6) is 0. The van der Waals surface area contributed by atoms with Gasteiger partial charge in [0.25, 0.3) is 0 Å². The molecule has 0 aliphatic carbocycles. The van der Waals surface area contributed by atoms with Crippen molar-refractivity contribution in [3.05, 3.63) is 146 Å². The van der Waals surface area contributed by atoms with Crippen molar-refractivity contribution in [2.45, 2.75) is 7.43 Å². The molecule has 0 aliphatic rings. The molecule has 0 saturated carbocycles. The number of rotatable bonds is 0. The van der Waals surface area contributed by atoms with E-state index in [2.05, 4.69) is 146 Å². The van der Waals surface area contributed by atoms with E-state index < -0.39 is 0 Å². The van der Waals surface area contributed by atoms with Crippen molar-refractivity contribution in [3.63, 3.8) is 0 Å². The summed E-state index contributed by atoms with van der Waals surface area (Å²) in [5, 5.41) is 21.7. The largest absolute Gasteiger partial charge is 0.0776 e. The Labute approximate surface area is 238 Å². The highest BCUT2D eigenvalue weighted by Gasteiger charge is 2.18. The summed E-state index contributed by atoms with van der Waals surface area (Å²) in [5.41, 5.74) is 0. The third-order valence-corrected chi connectivity index (χ3v) is 8.79. The Morgan fingerprint density at radius 3 is 0.732 bits per heavy atom. The Kier molecular flexibility index (Phi) is 5.14. The highest BCUT2D eigenvalue weighted by Crippen LogP contribution is 2.46. The molecule has 192 valence electrons. The first-order chi connectivity index (χ1) is 19.9. The molecule has 0 heteroatoms. The third kappa shape index (κ3) is 3.28. The van der Waals surface area contributed by atoms with Crippen molar-refractivity contribution >= 4 is 86.2 Å². The first-order valence-electron chi connectivity index (χ1n) is 14.0. The van der Waals surface area contributed by atoms with E-state index in [1.54, 1.807) is 0 Å². The van der Waals surface area contributed by atoms with E-state index in [0.29, 0.717) is 0 Å². The minimum absolute atomic E-state index is 0. The Balaban J connectivity index is 0.000000198. The maximum atomic E-state index is 2.35. The van der Waals surface area contributed by atoms with Gasteiger partial charge in [0.1, 0.15) is 0 Å². The van der Waals surface area contributed by atoms with Gasteiger partial charge in [0.05, 0.1) is 0 Å². The van der Waals surface area contributed by atoms with E-state index in [4.69, 9.17) is 0 Å². The van der Waals surface area contributed by atoms with Gasteiger partial charge >= 0.3 is 0 Å². The van der Waals surface area contributed by atoms with Crippen molar-refractivity contribution in [2.75, 3.05) is 0 Å². The molecular formula is C41H28. The van der Waals surface area contributed by atoms with Crippen LogP contribution in [0.1, 0.15) is 7.43 Å². The van der Waals surface area contributed by atoms with Crippen LogP contribution in [-0.2, 0) is 0 Å².